The number of hydrogen-bond donors (Lipinski definition) is 1. The van der Waals surface area contributed by atoms with Crippen LogP contribution in [-0.2, 0) is 6.42 Å². The standard InChI is InChI=1S/C11H17N3O2/c1-7(2)9(12)6-10-11(14(15)16)5-4-8(3)13-10/h4-5,7,9H,6,12H2,1-3H3. The molecule has 5 nitrogen and oxygen atoms in total. The van der Waals surface area contributed by atoms with Crippen LogP contribution in [-0.4, -0.2) is 15.9 Å². The summed E-state index contributed by atoms with van der Waals surface area (Å²) in [5.41, 5.74) is 7.21. The van der Waals surface area contributed by atoms with Crippen LogP contribution >= 0.6 is 0 Å². The number of rotatable bonds is 4. The highest BCUT2D eigenvalue weighted by molar-refractivity contribution is 5.36. The molecule has 88 valence electrons. The Morgan fingerprint density at radius 2 is 2.12 bits per heavy atom. The molecule has 0 spiro atoms. The van der Waals surface area contributed by atoms with E-state index < -0.39 is 4.92 Å². The van der Waals surface area contributed by atoms with Crippen molar-refractivity contribution in [2.45, 2.75) is 33.2 Å². The van der Waals surface area contributed by atoms with Crippen LogP contribution in [0.2, 0.25) is 0 Å². The maximum absolute atomic E-state index is 10.8. The fourth-order valence-electron chi connectivity index (χ4n) is 1.38. The first kappa shape index (κ1) is 12.6. The first-order valence-electron chi connectivity index (χ1n) is 5.28. The number of aryl methyl sites for hydroxylation is 1. The monoisotopic (exact) mass is 223 g/mol. The lowest BCUT2D eigenvalue weighted by atomic mass is 9.99. The number of nitro groups is 1. The third-order valence-electron chi connectivity index (χ3n) is 2.57. The molecule has 0 aliphatic heterocycles. The minimum atomic E-state index is -0.408. The largest absolute Gasteiger partial charge is 0.327 e. The average molecular weight is 223 g/mol. The van der Waals surface area contributed by atoms with Gasteiger partial charge in [-0.05, 0) is 18.9 Å². The van der Waals surface area contributed by atoms with Gasteiger partial charge in [-0.15, -0.1) is 0 Å². The molecular formula is C11H17N3O2. The van der Waals surface area contributed by atoms with Crippen molar-refractivity contribution in [3.8, 4) is 0 Å². The Morgan fingerprint density at radius 1 is 1.50 bits per heavy atom. The van der Waals surface area contributed by atoms with E-state index in [1.807, 2.05) is 20.8 Å². The average Bonchev–Trinajstić information content (AvgIpc) is 2.16. The summed E-state index contributed by atoms with van der Waals surface area (Å²) in [5, 5.41) is 10.8. The van der Waals surface area contributed by atoms with Gasteiger partial charge in [0, 0.05) is 24.2 Å². The van der Waals surface area contributed by atoms with E-state index in [9.17, 15) is 10.1 Å². The second-order valence-corrected chi connectivity index (χ2v) is 4.29. The van der Waals surface area contributed by atoms with Gasteiger partial charge in [-0.2, -0.15) is 0 Å². The van der Waals surface area contributed by atoms with E-state index in [1.165, 1.54) is 6.07 Å². The first-order chi connectivity index (χ1) is 7.41. The summed E-state index contributed by atoms with van der Waals surface area (Å²) in [7, 11) is 0. The van der Waals surface area contributed by atoms with E-state index in [0.29, 0.717) is 12.1 Å². The molecule has 1 atom stereocenters. The van der Waals surface area contributed by atoms with E-state index in [4.69, 9.17) is 5.73 Å². The Morgan fingerprint density at radius 3 is 2.62 bits per heavy atom. The van der Waals surface area contributed by atoms with Gasteiger partial charge in [0.25, 0.3) is 5.69 Å². The first-order valence-corrected chi connectivity index (χ1v) is 5.28. The van der Waals surface area contributed by atoms with Crippen LogP contribution in [0.3, 0.4) is 0 Å². The zero-order valence-corrected chi connectivity index (χ0v) is 9.80. The van der Waals surface area contributed by atoms with Crippen LogP contribution in [0.15, 0.2) is 12.1 Å². The zero-order chi connectivity index (χ0) is 12.3. The molecule has 1 heterocycles. The van der Waals surface area contributed by atoms with Gasteiger partial charge in [0.05, 0.1) is 4.92 Å². The molecule has 2 N–H and O–H groups in total. The molecule has 1 rings (SSSR count). The van der Waals surface area contributed by atoms with Gasteiger partial charge in [0.1, 0.15) is 5.69 Å². The second kappa shape index (κ2) is 5.03. The highest BCUT2D eigenvalue weighted by Gasteiger charge is 2.19. The Kier molecular flexibility index (Phi) is 3.95. The highest BCUT2D eigenvalue weighted by Crippen LogP contribution is 2.19. The number of aromatic nitrogens is 1. The SMILES string of the molecule is Cc1ccc([N+](=O)[O-])c(CC(N)C(C)C)n1. The number of pyridine rings is 1. The fourth-order valence-corrected chi connectivity index (χ4v) is 1.38. The highest BCUT2D eigenvalue weighted by atomic mass is 16.6. The fraction of sp³-hybridized carbons (Fsp3) is 0.545. The molecule has 0 saturated heterocycles. The molecule has 16 heavy (non-hydrogen) atoms. The molecule has 0 aliphatic rings. The minimum Gasteiger partial charge on any atom is -0.327 e. The molecule has 1 aromatic rings. The third kappa shape index (κ3) is 3.00. The molecule has 0 amide bonds. The predicted molar refractivity (Wildman–Crippen MR) is 62.1 cm³/mol. The topological polar surface area (TPSA) is 82.0 Å². The van der Waals surface area contributed by atoms with Crippen LogP contribution in [0.25, 0.3) is 0 Å². The van der Waals surface area contributed by atoms with Gasteiger partial charge in [-0.1, -0.05) is 13.8 Å². The molecule has 0 aromatic carbocycles. The quantitative estimate of drug-likeness (QED) is 0.623. The lowest BCUT2D eigenvalue weighted by Crippen LogP contribution is -2.29. The number of nitrogens with zero attached hydrogens (tertiary/aromatic N) is 2. The minimum absolute atomic E-state index is 0.0571. The van der Waals surface area contributed by atoms with Crippen molar-refractivity contribution in [1.29, 1.82) is 0 Å². The maximum atomic E-state index is 10.8. The summed E-state index contributed by atoms with van der Waals surface area (Å²) in [5.74, 6) is 0.280. The van der Waals surface area contributed by atoms with Crippen LogP contribution in [0.4, 0.5) is 5.69 Å². The summed E-state index contributed by atoms with van der Waals surface area (Å²) in [6.45, 7) is 5.80. The van der Waals surface area contributed by atoms with Crippen molar-refractivity contribution in [2.24, 2.45) is 11.7 Å². The van der Waals surface area contributed by atoms with Gasteiger partial charge < -0.3 is 5.73 Å². The Bertz CT molecular complexity index is 391. The summed E-state index contributed by atoms with van der Waals surface area (Å²) < 4.78 is 0. The van der Waals surface area contributed by atoms with Crippen molar-refractivity contribution < 1.29 is 4.92 Å². The van der Waals surface area contributed by atoms with E-state index in [0.717, 1.165) is 5.69 Å². The molecule has 0 radical (unpaired) electrons. The number of hydrogen-bond acceptors (Lipinski definition) is 4. The maximum Gasteiger partial charge on any atom is 0.290 e. The molecule has 1 unspecified atom stereocenters. The van der Waals surface area contributed by atoms with Crippen molar-refractivity contribution in [3.05, 3.63) is 33.6 Å². The van der Waals surface area contributed by atoms with E-state index in [-0.39, 0.29) is 17.6 Å². The van der Waals surface area contributed by atoms with Gasteiger partial charge in [-0.25, -0.2) is 0 Å². The van der Waals surface area contributed by atoms with Crippen LogP contribution < -0.4 is 5.73 Å². The molecule has 0 saturated carbocycles. The van der Waals surface area contributed by atoms with E-state index >= 15 is 0 Å². The lowest BCUT2D eigenvalue weighted by Gasteiger charge is -2.14. The molecule has 1 aromatic heterocycles. The van der Waals surface area contributed by atoms with Gasteiger partial charge in [-0.3, -0.25) is 15.1 Å². The predicted octanol–water partition coefficient (Wildman–Crippen LogP) is 1.82. The van der Waals surface area contributed by atoms with Crippen LogP contribution in [0.1, 0.15) is 25.2 Å². The van der Waals surface area contributed by atoms with Crippen molar-refractivity contribution in [2.75, 3.05) is 0 Å². The molecule has 5 heteroatoms. The zero-order valence-electron chi connectivity index (χ0n) is 9.80. The van der Waals surface area contributed by atoms with Crippen molar-refractivity contribution in [3.63, 3.8) is 0 Å². The van der Waals surface area contributed by atoms with Crippen molar-refractivity contribution in [1.82, 2.24) is 4.98 Å². The van der Waals surface area contributed by atoms with Gasteiger partial charge in [0.2, 0.25) is 0 Å². The van der Waals surface area contributed by atoms with E-state index in [1.54, 1.807) is 6.07 Å². The Hall–Kier alpha value is -1.49. The number of nitrogens with two attached hydrogens (primary N) is 1. The molecule has 0 bridgehead atoms. The summed E-state index contributed by atoms with van der Waals surface area (Å²) in [6, 6.07) is 3.03. The van der Waals surface area contributed by atoms with E-state index in [2.05, 4.69) is 4.98 Å². The molecule has 0 aliphatic carbocycles. The second-order valence-electron chi connectivity index (χ2n) is 4.29. The lowest BCUT2D eigenvalue weighted by molar-refractivity contribution is -0.386. The summed E-state index contributed by atoms with van der Waals surface area (Å²) in [6.07, 6.45) is 0.440. The summed E-state index contributed by atoms with van der Waals surface area (Å²) >= 11 is 0. The molecule has 0 fully saturated rings. The van der Waals surface area contributed by atoms with Crippen LogP contribution in [0.5, 0.6) is 0 Å². The Labute approximate surface area is 94.8 Å². The molecular weight excluding hydrogens is 206 g/mol. The normalized spacial score (nSPS) is 12.8. The van der Waals surface area contributed by atoms with Gasteiger partial charge in [0.15, 0.2) is 0 Å². The van der Waals surface area contributed by atoms with Crippen LogP contribution in [0, 0.1) is 23.0 Å². The Balaban J connectivity index is 3.01. The third-order valence-corrected chi connectivity index (χ3v) is 2.57. The smallest absolute Gasteiger partial charge is 0.290 e. The summed E-state index contributed by atoms with van der Waals surface area (Å²) in [4.78, 5) is 14.6. The van der Waals surface area contributed by atoms with Crippen molar-refractivity contribution >= 4 is 5.69 Å². The van der Waals surface area contributed by atoms with Gasteiger partial charge >= 0.3 is 0 Å².